The molecular formula is C13H14N2O4S. The Morgan fingerprint density at radius 3 is 2.60 bits per heavy atom. The molecule has 1 saturated heterocycles. The number of esters is 1. The van der Waals surface area contributed by atoms with Crippen LogP contribution in [0.15, 0.2) is 24.3 Å². The Hall–Kier alpha value is -2.02. The number of benzene rings is 1. The predicted molar refractivity (Wildman–Crippen MR) is 75.4 cm³/mol. The number of thioether (sulfide) groups is 1. The number of nitrogens with zero attached hydrogens (tertiary/aromatic N) is 1. The third kappa shape index (κ3) is 3.51. The Bertz CT molecular complexity index is 530. The van der Waals surface area contributed by atoms with E-state index < -0.39 is 5.97 Å². The first-order chi connectivity index (χ1) is 9.60. The minimum atomic E-state index is -0.428. The molecule has 2 amide bonds. The molecule has 0 spiro atoms. The number of carbonyl (C=O) groups excluding carboxylic acids is 3. The minimum Gasteiger partial charge on any atom is -0.465 e. The fourth-order valence-corrected chi connectivity index (χ4v) is 2.63. The van der Waals surface area contributed by atoms with Crippen LogP contribution in [-0.2, 0) is 14.3 Å². The molecule has 0 aliphatic carbocycles. The lowest BCUT2D eigenvalue weighted by molar-refractivity contribution is -0.130. The third-order valence-corrected chi connectivity index (χ3v) is 3.69. The zero-order chi connectivity index (χ0) is 14.5. The second-order valence-electron chi connectivity index (χ2n) is 4.19. The van der Waals surface area contributed by atoms with Crippen molar-refractivity contribution in [2.24, 2.45) is 0 Å². The molecule has 0 unspecified atom stereocenters. The van der Waals surface area contributed by atoms with E-state index in [9.17, 15) is 14.4 Å². The summed E-state index contributed by atoms with van der Waals surface area (Å²) in [5.74, 6) is 0.273. The summed E-state index contributed by atoms with van der Waals surface area (Å²) in [6.45, 7) is 0.0462. The Balaban J connectivity index is 1.91. The molecule has 1 fully saturated rings. The number of amides is 2. The number of anilines is 1. The van der Waals surface area contributed by atoms with E-state index in [1.54, 1.807) is 24.3 Å². The quantitative estimate of drug-likeness (QED) is 0.837. The van der Waals surface area contributed by atoms with Crippen LogP contribution in [0.3, 0.4) is 0 Å². The summed E-state index contributed by atoms with van der Waals surface area (Å²) in [6.07, 6.45) is 0. The molecule has 20 heavy (non-hydrogen) atoms. The molecule has 0 atom stereocenters. The van der Waals surface area contributed by atoms with Crippen molar-refractivity contribution < 1.29 is 19.1 Å². The van der Waals surface area contributed by atoms with E-state index in [4.69, 9.17) is 0 Å². The zero-order valence-corrected chi connectivity index (χ0v) is 11.7. The first-order valence-electron chi connectivity index (χ1n) is 5.94. The van der Waals surface area contributed by atoms with Gasteiger partial charge >= 0.3 is 5.97 Å². The second kappa shape index (κ2) is 6.42. The lowest BCUT2D eigenvalue weighted by Crippen LogP contribution is -2.34. The SMILES string of the molecule is COC(=O)c1ccc(NC(=O)CN2CSCC2=O)cc1. The van der Waals surface area contributed by atoms with Gasteiger partial charge in [0.2, 0.25) is 11.8 Å². The van der Waals surface area contributed by atoms with E-state index in [1.165, 1.54) is 23.8 Å². The first kappa shape index (κ1) is 14.4. The number of carbonyl (C=O) groups is 3. The van der Waals surface area contributed by atoms with Crippen LogP contribution in [0.5, 0.6) is 0 Å². The fourth-order valence-electron chi connectivity index (χ4n) is 1.72. The predicted octanol–water partition coefficient (Wildman–Crippen LogP) is 0.945. The van der Waals surface area contributed by atoms with Gasteiger partial charge < -0.3 is 15.0 Å². The van der Waals surface area contributed by atoms with Crippen LogP contribution >= 0.6 is 11.8 Å². The topological polar surface area (TPSA) is 75.7 Å². The van der Waals surface area contributed by atoms with Gasteiger partial charge in [0.25, 0.3) is 0 Å². The monoisotopic (exact) mass is 294 g/mol. The Morgan fingerprint density at radius 1 is 1.35 bits per heavy atom. The second-order valence-corrected chi connectivity index (χ2v) is 5.14. The molecule has 7 heteroatoms. The molecule has 2 rings (SSSR count). The highest BCUT2D eigenvalue weighted by Gasteiger charge is 2.22. The van der Waals surface area contributed by atoms with E-state index in [0.717, 1.165) is 0 Å². The van der Waals surface area contributed by atoms with E-state index >= 15 is 0 Å². The van der Waals surface area contributed by atoms with Crippen molar-refractivity contribution in [2.75, 3.05) is 30.6 Å². The molecule has 0 radical (unpaired) electrons. The van der Waals surface area contributed by atoms with Crippen LogP contribution < -0.4 is 5.32 Å². The van der Waals surface area contributed by atoms with Crippen LogP contribution in [0.2, 0.25) is 0 Å². The number of ether oxygens (including phenoxy) is 1. The van der Waals surface area contributed by atoms with Crippen LogP contribution in [0.1, 0.15) is 10.4 Å². The molecule has 106 valence electrons. The molecule has 0 bridgehead atoms. The summed E-state index contributed by atoms with van der Waals surface area (Å²) < 4.78 is 4.58. The number of methoxy groups -OCH3 is 1. The zero-order valence-electron chi connectivity index (χ0n) is 10.9. The van der Waals surface area contributed by atoms with Gasteiger partial charge in [-0.2, -0.15) is 0 Å². The summed E-state index contributed by atoms with van der Waals surface area (Å²) in [7, 11) is 1.31. The smallest absolute Gasteiger partial charge is 0.337 e. The van der Waals surface area contributed by atoms with Crippen molar-refractivity contribution in [3.05, 3.63) is 29.8 Å². The summed E-state index contributed by atoms with van der Waals surface area (Å²) in [5.41, 5.74) is 0.985. The fraction of sp³-hybridized carbons (Fsp3) is 0.308. The third-order valence-electron chi connectivity index (χ3n) is 2.75. The van der Waals surface area contributed by atoms with Crippen molar-refractivity contribution in [1.29, 1.82) is 0 Å². The number of hydrogen-bond donors (Lipinski definition) is 1. The van der Waals surface area contributed by atoms with E-state index in [-0.39, 0.29) is 18.4 Å². The maximum atomic E-state index is 11.8. The van der Waals surface area contributed by atoms with E-state index in [0.29, 0.717) is 22.9 Å². The van der Waals surface area contributed by atoms with Crippen molar-refractivity contribution >= 4 is 35.2 Å². The van der Waals surface area contributed by atoms with Crippen molar-refractivity contribution in [2.45, 2.75) is 0 Å². The Labute approximate surface area is 120 Å². The summed E-state index contributed by atoms with van der Waals surface area (Å²) in [6, 6.07) is 6.37. The molecule has 1 aromatic carbocycles. The molecule has 1 heterocycles. The van der Waals surface area contributed by atoms with Crippen molar-refractivity contribution in [1.82, 2.24) is 4.90 Å². The maximum absolute atomic E-state index is 11.8. The minimum absolute atomic E-state index is 0.0220. The first-order valence-corrected chi connectivity index (χ1v) is 7.09. The number of nitrogens with one attached hydrogen (secondary N) is 1. The van der Waals surface area contributed by atoms with Gasteiger partial charge in [-0.3, -0.25) is 9.59 Å². The highest BCUT2D eigenvalue weighted by molar-refractivity contribution is 8.00. The van der Waals surface area contributed by atoms with E-state index in [2.05, 4.69) is 10.1 Å². The normalized spacial score (nSPS) is 14.2. The van der Waals surface area contributed by atoms with Crippen LogP contribution in [-0.4, -0.2) is 48.0 Å². The van der Waals surface area contributed by atoms with Gasteiger partial charge in [-0.05, 0) is 24.3 Å². The van der Waals surface area contributed by atoms with Crippen LogP contribution in [0.25, 0.3) is 0 Å². The van der Waals surface area contributed by atoms with Crippen molar-refractivity contribution in [3.8, 4) is 0 Å². The van der Waals surface area contributed by atoms with Gasteiger partial charge in [0.15, 0.2) is 0 Å². The van der Waals surface area contributed by atoms with Gasteiger partial charge in [0.05, 0.1) is 24.3 Å². The highest BCUT2D eigenvalue weighted by Crippen LogP contribution is 2.15. The molecule has 1 aliphatic heterocycles. The summed E-state index contributed by atoms with van der Waals surface area (Å²) >= 11 is 1.49. The van der Waals surface area contributed by atoms with Gasteiger partial charge in [-0.15, -0.1) is 11.8 Å². The van der Waals surface area contributed by atoms with Gasteiger partial charge in [-0.1, -0.05) is 0 Å². The standard InChI is InChI=1S/C13H14N2O4S/c1-19-13(18)9-2-4-10(5-3-9)14-11(16)6-15-8-20-7-12(15)17/h2-5H,6-8H2,1H3,(H,14,16). The molecular weight excluding hydrogens is 280 g/mol. The maximum Gasteiger partial charge on any atom is 0.337 e. The van der Waals surface area contributed by atoms with Crippen LogP contribution in [0.4, 0.5) is 5.69 Å². The van der Waals surface area contributed by atoms with Gasteiger partial charge in [0, 0.05) is 5.69 Å². The average molecular weight is 294 g/mol. The number of rotatable bonds is 4. The lowest BCUT2D eigenvalue weighted by Gasteiger charge is -2.14. The van der Waals surface area contributed by atoms with Gasteiger partial charge in [-0.25, -0.2) is 4.79 Å². The molecule has 0 aromatic heterocycles. The van der Waals surface area contributed by atoms with Crippen molar-refractivity contribution in [3.63, 3.8) is 0 Å². The number of hydrogen-bond acceptors (Lipinski definition) is 5. The van der Waals surface area contributed by atoms with Gasteiger partial charge in [0.1, 0.15) is 6.54 Å². The van der Waals surface area contributed by atoms with Crippen LogP contribution in [0, 0.1) is 0 Å². The molecule has 1 N–H and O–H groups in total. The molecule has 6 nitrogen and oxygen atoms in total. The Kier molecular flexibility index (Phi) is 4.62. The summed E-state index contributed by atoms with van der Waals surface area (Å²) in [5, 5.41) is 2.68. The molecule has 1 aliphatic rings. The molecule has 1 aromatic rings. The Morgan fingerprint density at radius 2 is 2.05 bits per heavy atom. The largest absolute Gasteiger partial charge is 0.465 e. The molecule has 0 saturated carbocycles. The highest BCUT2D eigenvalue weighted by atomic mass is 32.2. The summed E-state index contributed by atoms with van der Waals surface area (Å²) in [4.78, 5) is 35.9. The van der Waals surface area contributed by atoms with E-state index in [1.807, 2.05) is 0 Å². The lowest BCUT2D eigenvalue weighted by atomic mass is 10.2. The average Bonchev–Trinajstić information content (AvgIpc) is 2.84.